The summed E-state index contributed by atoms with van der Waals surface area (Å²) in [7, 11) is 0. The van der Waals surface area contributed by atoms with Gasteiger partial charge in [0, 0.05) is 23.6 Å². The Bertz CT molecular complexity index is 1140. The smallest absolute Gasteiger partial charge is 0.300 e. The first kappa shape index (κ1) is 18.7. The van der Waals surface area contributed by atoms with Crippen LogP contribution >= 0.6 is 0 Å². The van der Waals surface area contributed by atoms with E-state index in [1.165, 1.54) is 17.3 Å². The van der Waals surface area contributed by atoms with Crippen LogP contribution in [0.4, 0.5) is 5.69 Å². The third-order valence-corrected chi connectivity index (χ3v) is 5.20. The highest BCUT2D eigenvalue weighted by atomic mass is 16.3. The van der Waals surface area contributed by atoms with Gasteiger partial charge in [-0.05, 0) is 68.3 Å². The maximum absolute atomic E-state index is 13.0. The lowest BCUT2D eigenvalue weighted by Gasteiger charge is -2.24. The molecule has 0 saturated carbocycles. The van der Waals surface area contributed by atoms with E-state index in [1.807, 2.05) is 26.0 Å². The van der Waals surface area contributed by atoms with Crippen LogP contribution < -0.4 is 4.90 Å². The van der Waals surface area contributed by atoms with Crippen LogP contribution in [0.1, 0.15) is 34.3 Å². The second-order valence-corrected chi connectivity index (χ2v) is 7.12. The summed E-state index contributed by atoms with van der Waals surface area (Å²) in [5.41, 5.74) is 3.04. The summed E-state index contributed by atoms with van der Waals surface area (Å²) in [4.78, 5) is 31.3. The number of aromatic nitrogens is 1. The van der Waals surface area contributed by atoms with Crippen molar-refractivity contribution in [1.82, 2.24) is 4.98 Å². The van der Waals surface area contributed by atoms with Gasteiger partial charge in [0.2, 0.25) is 0 Å². The average molecular weight is 388 g/mol. The zero-order valence-electron chi connectivity index (χ0n) is 16.3. The van der Waals surface area contributed by atoms with Crippen LogP contribution in [0.2, 0.25) is 0 Å². The Kier molecular flexibility index (Phi) is 4.54. The van der Waals surface area contributed by atoms with Crippen molar-refractivity contribution >= 4 is 23.1 Å². The Labute approximate surface area is 168 Å². The summed E-state index contributed by atoms with van der Waals surface area (Å²) in [5.74, 6) is -0.652. The molecule has 1 aliphatic heterocycles. The number of aliphatic hydroxyl groups excluding tert-OH is 1. The highest BCUT2D eigenvalue weighted by Gasteiger charge is 2.48. The minimum atomic E-state index is -0.862. The number of carbonyl (C=O) groups is 2. The monoisotopic (exact) mass is 388 g/mol. The molecular formula is C23H20N2O4. The molecule has 4 rings (SSSR count). The lowest BCUT2D eigenvalue weighted by atomic mass is 9.99. The summed E-state index contributed by atoms with van der Waals surface area (Å²) >= 11 is 0. The molecule has 1 atom stereocenters. The predicted molar refractivity (Wildman–Crippen MR) is 108 cm³/mol. The van der Waals surface area contributed by atoms with Crippen LogP contribution in [-0.4, -0.2) is 21.8 Å². The fourth-order valence-corrected chi connectivity index (χ4v) is 3.51. The first-order chi connectivity index (χ1) is 13.9. The SMILES string of the molecule is Cc1ccc(C2/C(=C(/O)c3ccncc3)C(=O)C(=O)N2c2ccc(C)c(C)c2)o1. The molecule has 1 aromatic carbocycles. The van der Waals surface area contributed by atoms with Gasteiger partial charge in [-0.1, -0.05) is 6.07 Å². The van der Waals surface area contributed by atoms with Crippen molar-refractivity contribution in [3.05, 3.63) is 88.6 Å². The summed E-state index contributed by atoms with van der Waals surface area (Å²) in [6.07, 6.45) is 3.03. The van der Waals surface area contributed by atoms with Gasteiger partial charge in [-0.15, -0.1) is 0 Å². The Morgan fingerprint density at radius 2 is 1.72 bits per heavy atom. The number of nitrogens with zero attached hydrogens (tertiary/aromatic N) is 2. The molecule has 146 valence electrons. The van der Waals surface area contributed by atoms with E-state index in [1.54, 1.807) is 37.3 Å². The largest absolute Gasteiger partial charge is 0.507 e. The average Bonchev–Trinajstić information content (AvgIpc) is 3.25. The Morgan fingerprint density at radius 3 is 2.34 bits per heavy atom. The lowest BCUT2D eigenvalue weighted by Crippen LogP contribution is -2.29. The summed E-state index contributed by atoms with van der Waals surface area (Å²) in [6.45, 7) is 5.71. The van der Waals surface area contributed by atoms with E-state index in [-0.39, 0.29) is 11.3 Å². The number of hydrogen-bond acceptors (Lipinski definition) is 5. The molecule has 1 saturated heterocycles. The Hall–Kier alpha value is -3.67. The highest BCUT2D eigenvalue weighted by molar-refractivity contribution is 6.51. The third-order valence-electron chi connectivity index (χ3n) is 5.20. The Morgan fingerprint density at radius 1 is 1.00 bits per heavy atom. The molecule has 1 unspecified atom stereocenters. The number of furan rings is 1. The molecular weight excluding hydrogens is 368 g/mol. The molecule has 3 aromatic rings. The second-order valence-electron chi connectivity index (χ2n) is 7.12. The van der Waals surface area contributed by atoms with Crippen LogP contribution in [0.5, 0.6) is 0 Å². The number of aliphatic hydroxyl groups is 1. The van der Waals surface area contributed by atoms with Gasteiger partial charge in [-0.3, -0.25) is 19.5 Å². The molecule has 1 N–H and O–H groups in total. The fourth-order valence-electron chi connectivity index (χ4n) is 3.51. The number of Topliss-reactive ketones (excluding diaryl/α,β-unsaturated/α-hetero) is 1. The molecule has 6 heteroatoms. The van der Waals surface area contributed by atoms with Crippen molar-refractivity contribution in [2.45, 2.75) is 26.8 Å². The van der Waals surface area contributed by atoms with Gasteiger partial charge in [0.15, 0.2) is 0 Å². The van der Waals surface area contributed by atoms with Gasteiger partial charge in [0.1, 0.15) is 23.3 Å². The maximum atomic E-state index is 13.0. The van der Waals surface area contributed by atoms with Gasteiger partial charge < -0.3 is 9.52 Å². The standard InChI is InChI=1S/C23H20N2O4/c1-13-4-6-17(12-14(13)2)25-20(18-7-5-15(3)29-18)19(22(27)23(25)28)21(26)16-8-10-24-11-9-16/h4-12,20,26H,1-3H3/b21-19-. The number of pyridine rings is 1. The molecule has 0 radical (unpaired) electrons. The zero-order valence-corrected chi connectivity index (χ0v) is 16.3. The van der Waals surface area contributed by atoms with E-state index < -0.39 is 17.7 Å². The first-order valence-corrected chi connectivity index (χ1v) is 9.23. The number of aryl methyl sites for hydroxylation is 3. The van der Waals surface area contributed by atoms with Gasteiger partial charge in [0.05, 0.1) is 5.57 Å². The maximum Gasteiger partial charge on any atom is 0.300 e. The molecule has 1 aliphatic rings. The predicted octanol–water partition coefficient (Wildman–Crippen LogP) is 4.23. The molecule has 0 aliphatic carbocycles. The first-order valence-electron chi connectivity index (χ1n) is 9.23. The van der Waals surface area contributed by atoms with Gasteiger partial charge in [0.25, 0.3) is 11.7 Å². The van der Waals surface area contributed by atoms with Crippen molar-refractivity contribution in [2.24, 2.45) is 0 Å². The van der Waals surface area contributed by atoms with Crippen LogP contribution in [0.25, 0.3) is 5.76 Å². The Balaban J connectivity index is 1.95. The summed E-state index contributed by atoms with van der Waals surface area (Å²) in [6, 6.07) is 11.4. The van der Waals surface area contributed by atoms with Crippen molar-refractivity contribution in [2.75, 3.05) is 4.90 Å². The number of ketones is 1. The molecule has 1 amide bonds. The van der Waals surface area contributed by atoms with E-state index in [2.05, 4.69) is 4.98 Å². The highest BCUT2D eigenvalue weighted by Crippen LogP contribution is 2.42. The van der Waals surface area contributed by atoms with Crippen LogP contribution in [0.3, 0.4) is 0 Å². The lowest BCUT2D eigenvalue weighted by molar-refractivity contribution is -0.132. The van der Waals surface area contributed by atoms with Crippen LogP contribution in [0, 0.1) is 20.8 Å². The minimum Gasteiger partial charge on any atom is -0.507 e. The molecule has 1 fully saturated rings. The number of carbonyl (C=O) groups excluding carboxylic acids is 2. The second kappa shape index (κ2) is 7.05. The summed E-state index contributed by atoms with van der Waals surface area (Å²) < 4.78 is 5.78. The van der Waals surface area contributed by atoms with Gasteiger partial charge >= 0.3 is 0 Å². The zero-order chi connectivity index (χ0) is 20.7. The van der Waals surface area contributed by atoms with E-state index in [0.717, 1.165) is 11.1 Å². The van der Waals surface area contributed by atoms with Crippen molar-refractivity contribution < 1.29 is 19.1 Å². The van der Waals surface area contributed by atoms with E-state index in [4.69, 9.17) is 4.42 Å². The molecule has 3 heterocycles. The normalized spacial score (nSPS) is 18.4. The topological polar surface area (TPSA) is 83.6 Å². The van der Waals surface area contributed by atoms with Crippen molar-refractivity contribution in [3.8, 4) is 0 Å². The molecule has 6 nitrogen and oxygen atoms in total. The number of anilines is 1. The van der Waals surface area contributed by atoms with Crippen molar-refractivity contribution in [3.63, 3.8) is 0 Å². The number of benzene rings is 1. The molecule has 29 heavy (non-hydrogen) atoms. The van der Waals surface area contributed by atoms with Crippen molar-refractivity contribution in [1.29, 1.82) is 0 Å². The number of hydrogen-bond donors (Lipinski definition) is 1. The third kappa shape index (κ3) is 3.12. The van der Waals surface area contributed by atoms with E-state index in [9.17, 15) is 14.7 Å². The minimum absolute atomic E-state index is 0.00576. The quantitative estimate of drug-likeness (QED) is 0.412. The fraction of sp³-hybridized carbons (Fsp3) is 0.174. The number of amides is 1. The van der Waals surface area contributed by atoms with E-state index in [0.29, 0.717) is 22.8 Å². The molecule has 2 aromatic heterocycles. The van der Waals surface area contributed by atoms with Gasteiger partial charge in [-0.25, -0.2) is 0 Å². The molecule has 0 spiro atoms. The van der Waals surface area contributed by atoms with Crippen LogP contribution in [-0.2, 0) is 9.59 Å². The summed E-state index contributed by atoms with van der Waals surface area (Å²) in [5, 5.41) is 10.9. The van der Waals surface area contributed by atoms with Crippen LogP contribution in [0.15, 0.2) is 64.8 Å². The molecule has 0 bridgehead atoms. The van der Waals surface area contributed by atoms with E-state index >= 15 is 0 Å². The number of rotatable bonds is 3. The van der Waals surface area contributed by atoms with Gasteiger partial charge in [-0.2, -0.15) is 0 Å².